The third kappa shape index (κ3) is 3.43. The lowest BCUT2D eigenvalue weighted by Gasteiger charge is -2.18. The molecular weight excluding hydrogens is 588 g/mol. The number of rotatable bonds is 2. The van der Waals surface area contributed by atoms with E-state index in [9.17, 15) is 0 Å². The van der Waals surface area contributed by atoms with Crippen molar-refractivity contribution in [2.24, 2.45) is 0 Å². The summed E-state index contributed by atoms with van der Waals surface area (Å²) in [6.45, 7) is 0. The Labute approximate surface area is 221 Å². The van der Waals surface area contributed by atoms with Crippen LogP contribution in [0.3, 0.4) is 0 Å². The van der Waals surface area contributed by atoms with Crippen molar-refractivity contribution in [3.05, 3.63) is 75.6 Å². The summed E-state index contributed by atoms with van der Waals surface area (Å²) in [5.41, 5.74) is 1.12. The first kappa shape index (κ1) is 22.9. The minimum absolute atomic E-state index is 0.0607. The number of ether oxygens (including phenoxy) is 4. The maximum atomic E-state index is 6.28. The predicted octanol–water partition coefficient (Wildman–Crippen LogP) is 9.85. The highest BCUT2D eigenvalue weighted by atomic mass is 35.5. The summed E-state index contributed by atoms with van der Waals surface area (Å²) in [7, 11) is 0. The van der Waals surface area contributed by atoms with E-state index in [2.05, 4.69) is 0 Å². The van der Waals surface area contributed by atoms with Gasteiger partial charge >= 0.3 is 0 Å². The van der Waals surface area contributed by atoms with Gasteiger partial charge in [-0.05, 0) is 0 Å². The molecule has 0 radical (unpaired) electrons. The summed E-state index contributed by atoms with van der Waals surface area (Å²) in [4.78, 5) is 0. The molecule has 5 rings (SSSR count). The third-order valence-corrected chi connectivity index (χ3v) is 8.30. The average Bonchev–Trinajstić information content (AvgIpc) is 3.44. The zero-order chi connectivity index (χ0) is 22.9. The largest absolute Gasteiger partial charge is 0.445 e. The zero-order valence-corrected chi connectivity index (χ0v) is 21.2. The fourth-order valence-electron chi connectivity index (χ4n) is 3.27. The van der Waals surface area contributed by atoms with Gasteiger partial charge in [-0.25, -0.2) is 0 Å². The van der Waals surface area contributed by atoms with Gasteiger partial charge in [-0.1, -0.05) is 117 Å². The second-order valence-electron chi connectivity index (χ2n) is 6.59. The average molecular weight is 594 g/mol. The first-order valence-corrected chi connectivity index (χ1v) is 11.7. The van der Waals surface area contributed by atoms with Crippen molar-refractivity contribution in [3.63, 3.8) is 0 Å². The van der Waals surface area contributed by atoms with Crippen LogP contribution in [0, 0.1) is 0 Å². The topological polar surface area (TPSA) is 36.9 Å². The van der Waals surface area contributed by atoms with Crippen molar-refractivity contribution in [2.45, 2.75) is 12.6 Å². The van der Waals surface area contributed by atoms with Crippen LogP contribution in [0.25, 0.3) is 0 Å². The Hall–Kier alpha value is -0.820. The molecule has 3 aromatic rings. The molecule has 0 saturated carbocycles. The summed E-state index contributed by atoms with van der Waals surface area (Å²) in [5, 5.41) is 0.575. The molecule has 2 aliphatic rings. The van der Waals surface area contributed by atoms with Crippen LogP contribution in [-0.4, -0.2) is 0 Å². The molecule has 0 fully saturated rings. The lowest BCUT2D eigenvalue weighted by Crippen LogP contribution is -2.16. The molecule has 0 unspecified atom stereocenters. The molecule has 0 bridgehead atoms. The van der Waals surface area contributed by atoms with E-state index in [0.29, 0.717) is 11.1 Å². The number of hydrogen-bond acceptors (Lipinski definition) is 4. The molecule has 2 heterocycles. The van der Waals surface area contributed by atoms with E-state index in [0.717, 1.165) is 0 Å². The van der Waals surface area contributed by atoms with Crippen LogP contribution in [0.2, 0.25) is 40.2 Å². The van der Waals surface area contributed by atoms with Crippen molar-refractivity contribution >= 4 is 92.8 Å². The van der Waals surface area contributed by atoms with Crippen molar-refractivity contribution in [3.8, 4) is 23.0 Å². The maximum absolute atomic E-state index is 6.28. The van der Waals surface area contributed by atoms with E-state index in [1.54, 1.807) is 24.3 Å². The molecule has 0 aromatic heterocycles. The smallest absolute Gasteiger partial charge is 0.268 e. The summed E-state index contributed by atoms with van der Waals surface area (Å²) in [6, 6.07) is 7.09. The number of halogens is 8. The molecule has 0 amide bonds. The molecule has 0 aliphatic carbocycles. The highest BCUT2D eigenvalue weighted by Gasteiger charge is 2.39. The van der Waals surface area contributed by atoms with Gasteiger partial charge in [0.05, 0.1) is 20.1 Å². The second kappa shape index (κ2) is 8.44. The minimum Gasteiger partial charge on any atom is -0.445 e. The van der Waals surface area contributed by atoms with Gasteiger partial charge < -0.3 is 18.9 Å². The van der Waals surface area contributed by atoms with Crippen molar-refractivity contribution in [1.29, 1.82) is 0 Å². The van der Waals surface area contributed by atoms with E-state index in [4.69, 9.17) is 112 Å². The second-order valence-corrected chi connectivity index (χ2v) is 9.62. The van der Waals surface area contributed by atoms with E-state index in [1.165, 1.54) is 0 Å². The van der Waals surface area contributed by atoms with Gasteiger partial charge in [-0.2, -0.15) is 0 Å². The van der Waals surface area contributed by atoms with E-state index >= 15 is 0 Å². The first-order chi connectivity index (χ1) is 15.2. The predicted molar refractivity (Wildman–Crippen MR) is 127 cm³/mol. The molecule has 0 saturated heterocycles. The van der Waals surface area contributed by atoms with E-state index in [1.807, 2.05) is 0 Å². The number of fused-ring (bicyclic) bond motifs is 2. The Morgan fingerprint density at radius 1 is 0.406 bits per heavy atom. The molecule has 3 aromatic carbocycles. The Morgan fingerprint density at radius 3 is 0.906 bits per heavy atom. The lowest BCUT2D eigenvalue weighted by atomic mass is 10.1. The monoisotopic (exact) mass is 590 g/mol. The van der Waals surface area contributed by atoms with Crippen LogP contribution in [0.1, 0.15) is 23.7 Å². The summed E-state index contributed by atoms with van der Waals surface area (Å²) in [6.07, 6.45) is -1.89. The summed E-state index contributed by atoms with van der Waals surface area (Å²) >= 11 is 49.6. The van der Waals surface area contributed by atoms with Crippen LogP contribution >= 0.6 is 92.8 Å². The molecule has 2 aliphatic heterocycles. The molecule has 0 spiro atoms. The Bertz CT molecular complexity index is 1120. The Kier molecular flexibility index (Phi) is 6.05. The number of hydrogen-bond donors (Lipinski definition) is 0. The van der Waals surface area contributed by atoms with Gasteiger partial charge in [0.2, 0.25) is 0 Å². The van der Waals surface area contributed by atoms with Crippen molar-refractivity contribution in [1.82, 2.24) is 0 Å². The van der Waals surface area contributed by atoms with E-state index < -0.39 is 12.6 Å². The van der Waals surface area contributed by atoms with Crippen LogP contribution < -0.4 is 18.9 Å². The van der Waals surface area contributed by atoms with Crippen molar-refractivity contribution in [2.75, 3.05) is 0 Å². The zero-order valence-electron chi connectivity index (χ0n) is 15.1. The number of benzene rings is 3. The Morgan fingerprint density at radius 2 is 0.656 bits per heavy atom. The normalized spacial score (nSPS) is 15.0. The SMILES string of the molecule is Clc1c(Cl)c(Cl)c2c(c1Cl)OC(c1ccccc1C1Oc3c(Cl)c(Cl)c(Cl)c(Cl)c3O1)O2. The van der Waals surface area contributed by atoms with Gasteiger partial charge in [-0.3, -0.25) is 0 Å². The highest BCUT2D eigenvalue weighted by molar-refractivity contribution is 6.53. The molecule has 0 N–H and O–H groups in total. The molecule has 166 valence electrons. The van der Waals surface area contributed by atoms with Crippen molar-refractivity contribution < 1.29 is 18.9 Å². The highest BCUT2D eigenvalue weighted by Crippen LogP contribution is 2.58. The van der Waals surface area contributed by atoms with Gasteiger partial charge in [0, 0.05) is 11.1 Å². The molecule has 12 heteroatoms. The van der Waals surface area contributed by atoms with Gasteiger partial charge in [0.1, 0.15) is 20.1 Å². The molecule has 32 heavy (non-hydrogen) atoms. The third-order valence-electron chi connectivity index (χ3n) is 4.77. The van der Waals surface area contributed by atoms with E-state index in [-0.39, 0.29) is 63.2 Å². The van der Waals surface area contributed by atoms with Gasteiger partial charge in [-0.15, -0.1) is 0 Å². The van der Waals surface area contributed by atoms with Crippen LogP contribution in [-0.2, 0) is 0 Å². The maximum Gasteiger partial charge on any atom is 0.268 e. The minimum atomic E-state index is -0.945. The molecular formula is C20H6Cl8O4. The lowest BCUT2D eigenvalue weighted by molar-refractivity contribution is 0.0263. The van der Waals surface area contributed by atoms with Crippen LogP contribution in [0.5, 0.6) is 23.0 Å². The summed E-state index contributed by atoms with van der Waals surface area (Å²) in [5.74, 6) is 0.693. The molecule has 4 nitrogen and oxygen atoms in total. The fraction of sp³-hybridized carbons (Fsp3) is 0.100. The Balaban J connectivity index is 1.53. The first-order valence-electron chi connectivity index (χ1n) is 8.68. The quantitative estimate of drug-likeness (QED) is 0.219. The van der Waals surface area contributed by atoms with Crippen LogP contribution in [0.15, 0.2) is 24.3 Å². The summed E-state index contributed by atoms with van der Waals surface area (Å²) < 4.78 is 23.7. The standard InChI is InChI=1S/C20H6Cl8O4/c21-7-8(22)12(26)16-15(11(7)25)29-19(30-16)5-3-1-2-4-6(5)20-31-17-13(27)9(23)10(24)14(28)18(17)32-20/h1-4,19-20H. The fourth-order valence-corrected chi connectivity index (χ4v) is 5.09. The van der Waals surface area contributed by atoms with Gasteiger partial charge in [0.25, 0.3) is 12.6 Å². The molecule has 0 atom stereocenters. The van der Waals surface area contributed by atoms with Crippen LogP contribution in [0.4, 0.5) is 0 Å². The van der Waals surface area contributed by atoms with Gasteiger partial charge in [0.15, 0.2) is 23.0 Å².